The summed E-state index contributed by atoms with van der Waals surface area (Å²) in [5.74, 6) is -1.17. The van der Waals surface area contributed by atoms with E-state index in [1.165, 1.54) is 43.5 Å². The topological polar surface area (TPSA) is 111 Å². The molecule has 7 nitrogen and oxygen atoms in total. The van der Waals surface area contributed by atoms with E-state index >= 15 is 0 Å². The Morgan fingerprint density at radius 1 is 1.13 bits per heavy atom. The van der Waals surface area contributed by atoms with Crippen molar-refractivity contribution in [1.29, 1.82) is 0 Å². The maximum atomic E-state index is 14.0. The van der Waals surface area contributed by atoms with Crippen molar-refractivity contribution in [3.63, 3.8) is 0 Å². The first-order valence-corrected chi connectivity index (χ1v) is 10.9. The van der Waals surface area contributed by atoms with Crippen LogP contribution in [0.3, 0.4) is 0 Å². The number of sulfonamides is 1. The van der Waals surface area contributed by atoms with Crippen LogP contribution in [0, 0.1) is 5.82 Å². The SMILES string of the molecule is COc1cccc(S(=O)(=O)Nc2cc(NC(=O)c3c(F)cccc3Cl)ccc2CN)c1. The molecule has 0 aliphatic rings. The van der Waals surface area contributed by atoms with Gasteiger partial charge in [0, 0.05) is 18.3 Å². The van der Waals surface area contributed by atoms with Gasteiger partial charge < -0.3 is 15.8 Å². The van der Waals surface area contributed by atoms with Gasteiger partial charge in [-0.15, -0.1) is 0 Å². The number of hydrogen-bond acceptors (Lipinski definition) is 5. The lowest BCUT2D eigenvalue weighted by Gasteiger charge is -2.15. The van der Waals surface area contributed by atoms with Crippen molar-refractivity contribution < 1.29 is 22.3 Å². The molecule has 0 aliphatic carbocycles. The van der Waals surface area contributed by atoms with Gasteiger partial charge in [-0.05, 0) is 42.0 Å². The summed E-state index contributed by atoms with van der Waals surface area (Å²) in [4.78, 5) is 12.5. The molecule has 3 rings (SSSR count). The number of methoxy groups -OCH3 is 1. The summed E-state index contributed by atoms with van der Waals surface area (Å²) in [5.41, 5.74) is 6.30. The Balaban J connectivity index is 1.91. The van der Waals surface area contributed by atoms with Gasteiger partial charge in [0.05, 0.1) is 28.3 Å². The predicted molar refractivity (Wildman–Crippen MR) is 117 cm³/mol. The summed E-state index contributed by atoms with van der Waals surface area (Å²) < 4.78 is 47.2. The highest BCUT2D eigenvalue weighted by molar-refractivity contribution is 7.92. The number of amides is 1. The zero-order valence-corrected chi connectivity index (χ0v) is 17.9. The average Bonchev–Trinajstić information content (AvgIpc) is 2.73. The van der Waals surface area contributed by atoms with Crippen LogP contribution in [-0.2, 0) is 16.6 Å². The number of carbonyl (C=O) groups is 1. The molecular formula is C21H19ClFN3O4S. The van der Waals surface area contributed by atoms with Gasteiger partial charge in [-0.25, -0.2) is 12.8 Å². The molecule has 0 spiro atoms. The van der Waals surface area contributed by atoms with Crippen molar-refractivity contribution in [3.8, 4) is 5.75 Å². The summed E-state index contributed by atoms with van der Waals surface area (Å²) >= 11 is 5.93. The molecule has 3 aromatic carbocycles. The molecule has 10 heteroatoms. The van der Waals surface area contributed by atoms with Gasteiger partial charge in [-0.3, -0.25) is 9.52 Å². The van der Waals surface area contributed by atoms with Gasteiger partial charge in [0.25, 0.3) is 15.9 Å². The molecule has 162 valence electrons. The average molecular weight is 464 g/mol. The van der Waals surface area contributed by atoms with Gasteiger partial charge in [-0.1, -0.05) is 29.8 Å². The maximum absolute atomic E-state index is 14.0. The lowest BCUT2D eigenvalue weighted by molar-refractivity contribution is 0.102. The number of carbonyl (C=O) groups excluding carboxylic acids is 1. The molecule has 0 aliphatic heterocycles. The molecule has 0 radical (unpaired) electrons. The second-order valence-electron chi connectivity index (χ2n) is 6.41. The molecule has 0 aromatic heterocycles. The molecular weight excluding hydrogens is 445 g/mol. The molecule has 0 heterocycles. The molecule has 0 atom stereocenters. The lowest BCUT2D eigenvalue weighted by Crippen LogP contribution is -2.17. The molecule has 4 N–H and O–H groups in total. The van der Waals surface area contributed by atoms with E-state index in [0.29, 0.717) is 11.3 Å². The van der Waals surface area contributed by atoms with Crippen LogP contribution < -0.4 is 20.5 Å². The first-order valence-electron chi connectivity index (χ1n) is 9.00. The van der Waals surface area contributed by atoms with E-state index in [1.807, 2.05) is 0 Å². The summed E-state index contributed by atoms with van der Waals surface area (Å²) in [6.07, 6.45) is 0. The van der Waals surface area contributed by atoms with E-state index in [0.717, 1.165) is 6.07 Å². The fraction of sp³-hybridized carbons (Fsp3) is 0.0952. The molecule has 0 bridgehead atoms. The number of benzene rings is 3. The number of nitrogens with two attached hydrogens (primary N) is 1. The van der Waals surface area contributed by atoms with Crippen LogP contribution in [0.2, 0.25) is 5.02 Å². The third kappa shape index (κ3) is 5.13. The Labute approximate surface area is 184 Å². The van der Waals surface area contributed by atoms with Crippen LogP contribution >= 0.6 is 11.6 Å². The fourth-order valence-corrected chi connectivity index (χ4v) is 4.18. The first kappa shape index (κ1) is 22.5. The number of rotatable bonds is 7. The Kier molecular flexibility index (Phi) is 6.79. The number of ether oxygens (including phenoxy) is 1. The summed E-state index contributed by atoms with van der Waals surface area (Å²) in [6, 6.07) is 14.3. The van der Waals surface area contributed by atoms with Gasteiger partial charge >= 0.3 is 0 Å². The Morgan fingerprint density at radius 2 is 1.87 bits per heavy atom. The van der Waals surface area contributed by atoms with Crippen molar-refractivity contribution in [1.82, 2.24) is 0 Å². The van der Waals surface area contributed by atoms with E-state index in [9.17, 15) is 17.6 Å². The van der Waals surface area contributed by atoms with Crippen molar-refractivity contribution >= 4 is 38.9 Å². The van der Waals surface area contributed by atoms with E-state index < -0.39 is 21.7 Å². The Hall–Kier alpha value is -3.14. The fourth-order valence-electron chi connectivity index (χ4n) is 2.81. The predicted octanol–water partition coefficient (Wildman–Crippen LogP) is 4.00. The normalized spacial score (nSPS) is 11.1. The van der Waals surface area contributed by atoms with Crippen LogP contribution in [0.5, 0.6) is 5.75 Å². The largest absolute Gasteiger partial charge is 0.497 e. The quantitative estimate of drug-likeness (QED) is 0.490. The smallest absolute Gasteiger partial charge is 0.262 e. The number of nitrogens with one attached hydrogen (secondary N) is 2. The standard InChI is InChI=1S/C21H19ClFN3O4S/c1-30-15-4-2-5-16(11-15)31(28,29)26-19-10-14(9-8-13(19)12-24)25-21(27)20-17(22)6-3-7-18(20)23/h2-11,26H,12,24H2,1H3,(H,25,27). The first-order chi connectivity index (χ1) is 14.7. The van der Waals surface area contributed by atoms with Crippen molar-refractivity contribution in [3.05, 3.63) is 82.6 Å². The summed E-state index contributed by atoms with van der Waals surface area (Å²) in [7, 11) is -2.54. The van der Waals surface area contributed by atoms with Crippen LogP contribution in [0.1, 0.15) is 15.9 Å². The van der Waals surface area contributed by atoms with E-state index in [4.69, 9.17) is 22.1 Å². The van der Waals surface area contributed by atoms with Crippen LogP contribution in [0.15, 0.2) is 65.6 Å². The highest BCUT2D eigenvalue weighted by atomic mass is 35.5. The van der Waals surface area contributed by atoms with E-state index in [-0.39, 0.29) is 33.4 Å². The van der Waals surface area contributed by atoms with Crippen LogP contribution in [-0.4, -0.2) is 21.4 Å². The molecule has 3 aromatic rings. The third-order valence-corrected chi connectivity index (χ3v) is 6.05. The molecule has 0 saturated carbocycles. The molecule has 1 amide bonds. The molecule has 0 saturated heterocycles. The van der Waals surface area contributed by atoms with Gasteiger partial charge in [-0.2, -0.15) is 0 Å². The van der Waals surface area contributed by atoms with Crippen LogP contribution in [0.25, 0.3) is 0 Å². The number of hydrogen-bond donors (Lipinski definition) is 3. The maximum Gasteiger partial charge on any atom is 0.262 e. The van der Waals surface area contributed by atoms with Crippen LogP contribution in [0.4, 0.5) is 15.8 Å². The second kappa shape index (κ2) is 9.34. The minimum absolute atomic E-state index is 0.0117. The zero-order valence-electron chi connectivity index (χ0n) is 16.4. The monoisotopic (exact) mass is 463 g/mol. The van der Waals surface area contributed by atoms with Gasteiger partial charge in [0.1, 0.15) is 11.6 Å². The Morgan fingerprint density at radius 3 is 2.55 bits per heavy atom. The molecule has 0 fully saturated rings. The highest BCUT2D eigenvalue weighted by Gasteiger charge is 2.19. The lowest BCUT2D eigenvalue weighted by atomic mass is 10.1. The highest BCUT2D eigenvalue weighted by Crippen LogP contribution is 2.27. The van der Waals surface area contributed by atoms with Gasteiger partial charge in [0.2, 0.25) is 0 Å². The van der Waals surface area contributed by atoms with E-state index in [1.54, 1.807) is 18.2 Å². The minimum atomic E-state index is -3.97. The third-order valence-electron chi connectivity index (χ3n) is 4.37. The summed E-state index contributed by atoms with van der Waals surface area (Å²) in [5, 5.41) is 2.47. The summed E-state index contributed by atoms with van der Waals surface area (Å²) in [6.45, 7) is 0.0450. The second-order valence-corrected chi connectivity index (χ2v) is 8.50. The molecule has 31 heavy (non-hydrogen) atoms. The van der Waals surface area contributed by atoms with Crippen molar-refractivity contribution in [2.24, 2.45) is 5.73 Å². The number of halogens is 2. The minimum Gasteiger partial charge on any atom is -0.497 e. The molecule has 0 unspecified atom stereocenters. The van der Waals surface area contributed by atoms with Gasteiger partial charge in [0.15, 0.2) is 0 Å². The van der Waals surface area contributed by atoms with Crippen molar-refractivity contribution in [2.45, 2.75) is 11.4 Å². The van der Waals surface area contributed by atoms with Crippen molar-refractivity contribution in [2.75, 3.05) is 17.1 Å². The Bertz CT molecular complexity index is 1210. The number of anilines is 2. The zero-order chi connectivity index (χ0) is 22.6. The van der Waals surface area contributed by atoms with E-state index in [2.05, 4.69) is 10.0 Å².